The summed E-state index contributed by atoms with van der Waals surface area (Å²) in [6.45, 7) is 1.38. The fraction of sp³-hybridized carbons (Fsp3) is 0.455. The van der Waals surface area contributed by atoms with Crippen molar-refractivity contribution in [3.63, 3.8) is 0 Å². The van der Waals surface area contributed by atoms with Gasteiger partial charge in [0, 0.05) is 22.9 Å². The van der Waals surface area contributed by atoms with Crippen LogP contribution in [0.5, 0.6) is 0 Å². The van der Waals surface area contributed by atoms with Gasteiger partial charge in [-0.3, -0.25) is 4.21 Å². The predicted molar refractivity (Wildman–Crippen MR) is 61.0 cm³/mol. The van der Waals surface area contributed by atoms with Crippen molar-refractivity contribution in [3.05, 3.63) is 24.0 Å². The molecule has 0 bridgehead atoms. The van der Waals surface area contributed by atoms with Crippen molar-refractivity contribution >= 4 is 16.5 Å². The van der Waals surface area contributed by atoms with Gasteiger partial charge in [0.15, 0.2) is 0 Å². The summed E-state index contributed by atoms with van der Waals surface area (Å²) in [7, 11) is -1.19. The number of ether oxygens (including phenoxy) is 1. The Morgan fingerprint density at radius 2 is 2.31 bits per heavy atom. The third kappa shape index (κ3) is 2.80. The zero-order chi connectivity index (χ0) is 11.5. The molecule has 0 aliphatic carbocycles. The Morgan fingerprint density at radius 1 is 1.50 bits per heavy atom. The molecule has 5 heteroatoms. The highest BCUT2D eigenvalue weighted by Gasteiger charge is 2.19. The average Bonchev–Trinajstić information content (AvgIpc) is 2.68. The van der Waals surface area contributed by atoms with Gasteiger partial charge in [-0.15, -0.1) is 0 Å². The lowest BCUT2D eigenvalue weighted by atomic mass is 10.2. The van der Waals surface area contributed by atoms with Crippen LogP contribution in [0.15, 0.2) is 23.1 Å². The van der Waals surface area contributed by atoms with Gasteiger partial charge in [-0.1, -0.05) is 0 Å². The van der Waals surface area contributed by atoms with Crippen molar-refractivity contribution in [2.45, 2.75) is 11.3 Å². The third-order valence-electron chi connectivity index (χ3n) is 2.57. The summed E-state index contributed by atoms with van der Waals surface area (Å²) >= 11 is 0. The molecule has 0 radical (unpaired) electrons. The fourth-order valence-electron chi connectivity index (χ4n) is 1.74. The van der Waals surface area contributed by atoms with Crippen LogP contribution in [0.25, 0.3) is 0 Å². The van der Waals surface area contributed by atoms with E-state index in [0.717, 1.165) is 13.0 Å². The molecule has 0 aromatic heterocycles. The molecule has 3 nitrogen and oxygen atoms in total. The normalized spacial score (nSPS) is 22.2. The van der Waals surface area contributed by atoms with E-state index in [0.29, 0.717) is 28.9 Å². The molecule has 88 valence electrons. The maximum atomic E-state index is 13.1. The summed E-state index contributed by atoms with van der Waals surface area (Å²) in [6.07, 6.45) is 0.927. The van der Waals surface area contributed by atoms with E-state index in [1.807, 2.05) is 0 Å². The molecule has 2 N–H and O–H groups in total. The number of rotatable bonds is 3. The summed E-state index contributed by atoms with van der Waals surface area (Å²) < 4.78 is 30.2. The Labute approximate surface area is 96.2 Å². The monoisotopic (exact) mass is 243 g/mol. The lowest BCUT2D eigenvalue weighted by Crippen LogP contribution is -2.11. The van der Waals surface area contributed by atoms with Gasteiger partial charge >= 0.3 is 0 Å². The van der Waals surface area contributed by atoms with Crippen LogP contribution in [0.4, 0.5) is 10.1 Å². The number of hydrogen-bond donors (Lipinski definition) is 1. The van der Waals surface area contributed by atoms with Gasteiger partial charge in [0.1, 0.15) is 5.82 Å². The first-order valence-electron chi connectivity index (χ1n) is 5.17. The standard InChI is InChI=1S/C11H14FNO2S/c12-9-3-10(13)5-11(4-9)16(14)7-8-1-2-15-6-8/h3-5,8H,1-2,6-7,13H2. The Kier molecular flexibility index (Phi) is 3.56. The van der Waals surface area contributed by atoms with E-state index in [2.05, 4.69) is 0 Å². The Balaban J connectivity index is 2.07. The molecule has 1 aromatic rings. The van der Waals surface area contributed by atoms with Gasteiger partial charge in [0.25, 0.3) is 0 Å². The van der Waals surface area contributed by atoms with Crippen LogP contribution in [-0.4, -0.2) is 23.2 Å². The molecule has 1 heterocycles. The molecule has 1 saturated heterocycles. The highest BCUT2D eigenvalue weighted by atomic mass is 32.2. The molecule has 0 spiro atoms. The van der Waals surface area contributed by atoms with Crippen molar-refractivity contribution in [1.82, 2.24) is 0 Å². The molecule has 1 aliphatic rings. The smallest absolute Gasteiger partial charge is 0.126 e. The zero-order valence-corrected chi connectivity index (χ0v) is 9.63. The lowest BCUT2D eigenvalue weighted by molar-refractivity contribution is 0.189. The fourth-order valence-corrected chi connectivity index (χ4v) is 3.14. The molecule has 1 aliphatic heterocycles. The van der Waals surface area contributed by atoms with E-state index in [1.165, 1.54) is 12.1 Å². The topological polar surface area (TPSA) is 52.3 Å². The maximum Gasteiger partial charge on any atom is 0.126 e. The summed E-state index contributed by atoms with van der Waals surface area (Å²) in [5.41, 5.74) is 5.82. The van der Waals surface area contributed by atoms with Crippen LogP contribution in [0.2, 0.25) is 0 Å². The number of nitrogens with two attached hydrogens (primary N) is 1. The molecule has 0 amide bonds. The van der Waals surface area contributed by atoms with Crippen LogP contribution in [0, 0.1) is 11.7 Å². The van der Waals surface area contributed by atoms with E-state index in [1.54, 1.807) is 6.07 Å². The van der Waals surface area contributed by atoms with E-state index < -0.39 is 16.6 Å². The Bertz CT molecular complexity index is 385. The molecule has 2 unspecified atom stereocenters. The molecule has 1 aromatic carbocycles. The van der Waals surface area contributed by atoms with Crippen LogP contribution < -0.4 is 5.73 Å². The van der Waals surface area contributed by atoms with Crippen LogP contribution in [0.3, 0.4) is 0 Å². The van der Waals surface area contributed by atoms with Gasteiger partial charge in [0.2, 0.25) is 0 Å². The molecule has 0 saturated carbocycles. The third-order valence-corrected chi connectivity index (χ3v) is 4.10. The second kappa shape index (κ2) is 4.93. The molecule has 1 fully saturated rings. The summed E-state index contributed by atoms with van der Waals surface area (Å²) in [4.78, 5) is 0.462. The first kappa shape index (κ1) is 11.5. The molecule has 16 heavy (non-hydrogen) atoms. The molecule has 2 atom stereocenters. The first-order valence-corrected chi connectivity index (χ1v) is 6.49. The van der Waals surface area contributed by atoms with E-state index in [9.17, 15) is 8.60 Å². The molecule has 2 rings (SSSR count). The Morgan fingerprint density at radius 3 is 2.94 bits per heavy atom. The number of halogens is 1. The predicted octanol–water partition coefficient (Wildman–Crippen LogP) is 1.55. The van der Waals surface area contributed by atoms with Crippen molar-refractivity contribution in [2.75, 3.05) is 24.7 Å². The van der Waals surface area contributed by atoms with E-state index in [4.69, 9.17) is 10.5 Å². The maximum absolute atomic E-state index is 13.1. The average molecular weight is 243 g/mol. The molecular weight excluding hydrogens is 229 g/mol. The van der Waals surface area contributed by atoms with Gasteiger partial charge < -0.3 is 10.5 Å². The first-order chi connectivity index (χ1) is 7.65. The SMILES string of the molecule is Nc1cc(F)cc(S(=O)CC2CCOC2)c1. The quantitative estimate of drug-likeness (QED) is 0.819. The minimum Gasteiger partial charge on any atom is -0.399 e. The lowest BCUT2D eigenvalue weighted by Gasteiger charge is -2.08. The summed E-state index contributed by atoms with van der Waals surface area (Å²) in [5, 5.41) is 0. The van der Waals surface area contributed by atoms with Gasteiger partial charge in [0.05, 0.1) is 17.4 Å². The summed E-state index contributed by atoms with van der Waals surface area (Å²) in [5.74, 6) is 0.388. The Hall–Kier alpha value is -0.940. The van der Waals surface area contributed by atoms with Crippen LogP contribution in [-0.2, 0) is 15.5 Å². The second-order valence-electron chi connectivity index (χ2n) is 3.96. The van der Waals surface area contributed by atoms with Crippen LogP contribution >= 0.6 is 0 Å². The largest absolute Gasteiger partial charge is 0.399 e. The van der Waals surface area contributed by atoms with Gasteiger partial charge in [-0.25, -0.2) is 4.39 Å². The van der Waals surface area contributed by atoms with Crippen molar-refractivity contribution in [2.24, 2.45) is 5.92 Å². The second-order valence-corrected chi connectivity index (χ2v) is 5.46. The van der Waals surface area contributed by atoms with Crippen LogP contribution in [0.1, 0.15) is 6.42 Å². The van der Waals surface area contributed by atoms with Gasteiger partial charge in [-0.05, 0) is 30.5 Å². The number of benzene rings is 1. The van der Waals surface area contributed by atoms with E-state index in [-0.39, 0.29) is 0 Å². The van der Waals surface area contributed by atoms with Crippen molar-refractivity contribution in [1.29, 1.82) is 0 Å². The zero-order valence-electron chi connectivity index (χ0n) is 8.82. The number of nitrogen functional groups attached to an aromatic ring is 1. The van der Waals surface area contributed by atoms with E-state index >= 15 is 0 Å². The summed E-state index contributed by atoms with van der Waals surface area (Å²) in [6, 6.07) is 4.07. The number of anilines is 1. The minimum absolute atomic E-state index is 0.310. The number of hydrogen-bond acceptors (Lipinski definition) is 3. The van der Waals surface area contributed by atoms with Crippen molar-refractivity contribution < 1.29 is 13.3 Å². The van der Waals surface area contributed by atoms with Gasteiger partial charge in [-0.2, -0.15) is 0 Å². The highest BCUT2D eigenvalue weighted by molar-refractivity contribution is 7.85. The highest BCUT2D eigenvalue weighted by Crippen LogP contribution is 2.19. The van der Waals surface area contributed by atoms with Crippen molar-refractivity contribution in [3.8, 4) is 0 Å². The molecular formula is C11H14FNO2S. The minimum atomic E-state index is -1.19.